The van der Waals surface area contributed by atoms with Gasteiger partial charge in [0.15, 0.2) is 0 Å². The molecule has 3 heteroatoms. The van der Waals surface area contributed by atoms with E-state index in [1.54, 1.807) is 7.11 Å². The van der Waals surface area contributed by atoms with Crippen LogP contribution in [0.25, 0.3) is 0 Å². The number of aliphatic hydroxyl groups is 1. The Bertz CT molecular complexity index is 350. The Morgan fingerprint density at radius 2 is 2.06 bits per heavy atom. The van der Waals surface area contributed by atoms with Crippen LogP contribution in [0.5, 0.6) is 5.75 Å². The van der Waals surface area contributed by atoms with Crippen LogP contribution < -0.4 is 10.1 Å². The molecule has 1 aromatic carbocycles. The fraction of sp³-hybridized carbons (Fsp3) is 0.571. The fourth-order valence-corrected chi connectivity index (χ4v) is 1.78. The average Bonchev–Trinajstić information content (AvgIpc) is 2.35. The van der Waals surface area contributed by atoms with E-state index < -0.39 is 0 Å². The summed E-state index contributed by atoms with van der Waals surface area (Å²) < 4.78 is 5.29. The minimum absolute atomic E-state index is 0.0908. The van der Waals surface area contributed by atoms with Crippen molar-refractivity contribution < 1.29 is 9.84 Å². The predicted molar refractivity (Wildman–Crippen MR) is 71.7 cm³/mol. The Morgan fingerprint density at radius 3 is 2.53 bits per heavy atom. The summed E-state index contributed by atoms with van der Waals surface area (Å²) >= 11 is 0. The van der Waals surface area contributed by atoms with Gasteiger partial charge in [0.05, 0.1) is 19.8 Å². The maximum atomic E-state index is 9.30. The number of methoxy groups -OCH3 is 1. The van der Waals surface area contributed by atoms with E-state index in [4.69, 9.17) is 4.74 Å². The summed E-state index contributed by atoms with van der Waals surface area (Å²) in [7, 11) is 1.69. The molecule has 0 bridgehead atoms. The standard InChI is InChI=1S/C14H23NO2/c1-5-11-8-12(6-7-14(11)17-4)15-13(9-16)10(2)3/h6-8,10,13,15-16H,5,9H2,1-4H3. The SMILES string of the molecule is CCc1cc(NC(CO)C(C)C)ccc1OC. The van der Waals surface area contributed by atoms with Crippen LogP contribution in [0.15, 0.2) is 18.2 Å². The van der Waals surface area contributed by atoms with Crippen molar-refractivity contribution in [3.05, 3.63) is 23.8 Å². The molecule has 3 nitrogen and oxygen atoms in total. The van der Waals surface area contributed by atoms with Crippen LogP contribution in [0.1, 0.15) is 26.3 Å². The topological polar surface area (TPSA) is 41.5 Å². The smallest absolute Gasteiger partial charge is 0.122 e. The van der Waals surface area contributed by atoms with E-state index in [1.807, 2.05) is 12.1 Å². The van der Waals surface area contributed by atoms with Crippen LogP contribution in [0.3, 0.4) is 0 Å². The summed E-state index contributed by atoms with van der Waals surface area (Å²) in [6.45, 7) is 6.44. The largest absolute Gasteiger partial charge is 0.496 e. The van der Waals surface area contributed by atoms with Gasteiger partial charge in [0.1, 0.15) is 5.75 Å². The lowest BCUT2D eigenvalue weighted by Gasteiger charge is -2.22. The first-order valence-corrected chi connectivity index (χ1v) is 6.16. The number of aliphatic hydroxyl groups excluding tert-OH is 1. The Morgan fingerprint density at radius 1 is 1.35 bits per heavy atom. The van der Waals surface area contributed by atoms with E-state index in [1.165, 1.54) is 5.56 Å². The molecule has 96 valence electrons. The summed E-state index contributed by atoms with van der Waals surface area (Å²) in [4.78, 5) is 0. The number of aryl methyl sites for hydroxylation is 1. The fourth-order valence-electron chi connectivity index (χ4n) is 1.78. The number of ether oxygens (including phenoxy) is 1. The van der Waals surface area contributed by atoms with Crippen molar-refractivity contribution in [2.75, 3.05) is 19.0 Å². The number of hydrogen-bond donors (Lipinski definition) is 2. The minimum Gasteiger partial charge on any atom is -0.496 e. The number of benzene rings is 1. The van der Waals surface area contributed by atoms with Crippen LogP contribution >= 0.6 is 0 Å². The van der Waals surface area contributed by atoms with Crippen LogP contribution in [0, 0.1) is 5.92 Å². The van der Waals surface area contributed by atoms with Crippen molar-refractivity contribution >= 4 is 5.69 Å². The van der Waals surface area contributed by atoms with Crippen molar-refractivity contribution in [3.8, 4) is 5.75 Å². The lowest BCUT2D eigenvalue weighted by molar-refractivity contribution is 0.249. The van der Waals surface area contributed by atoms with E-state index in [0.717, 1.165) is 17.9 Å². The van der Waals surface area contributed by atoms with Gasteiger partial charge in [0, 0.05) is 5.69 Å². The monoisotopic (exact) mass is 237 g/mol. The molecule has 0 fully saturated rings. The van der Waals surface area contributed by atoms with Crippen LogP contribution in [0.4, 0.5) is 5.69 Å². The Kier molecular flexibility index (Phi) is 5.29. The highest BCUT2D eigenvalue weighted by Crippen LogP contribution is 2.24. The molecular weight excluding hydrogens is 214 g/mol. The van der Waals surface area contributed by atoms with Crippen LogP contribution in [0.2, 0.25) is 0 Å². The molecule has 0 radical (unpaired) electrons. The van der Waals surface area contributed by atoms with Crippen LogP contribution in [-0.4, -0.2) is 24.9 Å². The van der Waals surface area contributed by atoms with Crippen LogP contribution in [-0.2, 0) is 6.42 Å². The van der Waals surface area contributed by atoms with Gasteiger partial charge in [-0.1, -0.05) is 20.8 Å². The van der Waals surface area contributed by atoms with E-state index in [0.29, 0.717) is 5.92 Å². The predicted octanol–water partition coefficient (Wildman–Crippen LogP) is 2.69. The molecule has 0 aliphatic rings. The van der Waals surface area contributed by atoms with Crippen molar-refractivity contribution in [2.45, 2.75) is 33.2 Å². The summed E-state index contributed by atoms with van der Waals surface area (Å²) in [6.07, 6.45) is 0.935. The van der Waals surface area contributed by atoms with Crippen molar-refractivity contribution in [1.82, 2.24) is 0 Å². The molecule has 0 spiro atoms. The van der Waals surface area contributed by atoms with Gasteiger partial charge in [-0.05, 0) is 36.1 Å². The second-order valence-corrected chi connectivity index (χ2v) is 4.56. The highest BCUT2D eigenvalue weighted by atomic mass is 16.5. The first-order chi connectivity index (χ1) is 8.12. The third kappa shape index (κ3) is 3.63. The van der Waals surface area contributed by atoms with Gasteiger partial charge in [0.25, 0.3) is 0 Å². The first kappa shape index (κ1) is 13.8. The summed E-state index contributed by atoms with van der Waals surface area (Å²) in [5.74, 6) is 1.32. The normalized spacial score (nSPS) is 12.6. The van der Waals surface area contributed by atoms with Crippen molar-refractivity contribution in [1.29, 1.82) is 0 Å². The molecule has 2 N–H and O–H groups in total. The number of rotatable bonds is 6. The van der Waals surface area contributed by atoms with Gasteiger partial charge in [0.2, 0.25) is 0 Å². The van der Waals surface area contributed by atoms with Gasteiger partial charge in [-0.15, -0.1) is 0 Å². The zero-order valence-corrected chi connectivity index (χ0v) is 11.2. The number of nitrogens with one attached hydrogen (secondary N) is 1. The lowest BCUT2D eigenvalue weighted by Crippen LogP contribution is -2.29. The zero-order valence-electron chi connectivity index (χ0n) is 11.2. The van der Waals surface area contributed by atoms with Crippen molar-refractivity contribution in [2.24, 2.45) is 5.92 Å². The molecule has 1 atom stereocenters. The molecule has 17 heavy (non-hydrogen) atoms. The highest BCUT2D eigenvalue weighted by molar-refractivity contribution is 5.51. The molecule has 1 rings (SSSR count). The highest BCUT2D eigenvalue weighted by Gasteiger charge is 2.12. The zero-order chi connectivity index (χ0) is 12.8. The third-order valence-corrected chi connectivity index (χ3v) is 3.01. The molecule has 0 aromatic heterocycles. The van der Waals surface area contributed by atoms with Gasteiger partial charge >= 0.3 is 0 Å². The Balaban J connectivity index is 2.85. The second kappa shape index (κ2) is 6.50. The summed E-state index contributed by atoms with van der Waals surface area (Å²) in [5, 5.41) is 12.6. The first-order valence-electron chi connectivity index (χ1n) is 6.16. The van der Waals surface area contributed by atoms with Crippen molar-refractivity contribution in [3.63, 3.8) is 0 Å². The van der Waals surface area contributed by atoms with Gasteiger partial charge in [-0.2, -0.15) is 0 Å². The molecule has 1 unspecified atom stereocenters. The molecular formula is C14H23NO2. The maximum Gasteiger partial charge on any atom is 0.122 e. The maximum absolute atomic E-state index is 9.30. The average molecular weight is 237 g/mol. The molecule has 0 aliphatic carbocycles. The summed E-state index contributed by atoms with van der Waals surface area (Å²) in [5.41, 5.74) is 2.22. The van der Waals surface area contributed by atoms with Gasteiger partial charge in [-0.25, -0.2) is 0 Å². The molecule has 0 saturated carbocycles. The van der Waals surface area contributed by atoms with E-state index in [-0.39, 0.29) is 12.6 Å². The van der Waals surface area contributed by atoms with E-state index in [2.05, 4.69) is 32.2 Å². The Hall–Kier alpha value is -1.22. The molecule has 0 heterocycles. The van der Waals surface area contributed by atoms with Gasteiger partial charge < -0.3 is 15.2 Å². The minimum atomic E-state index is 0.0908. The Labute approximate surface area is 104 Å². The lowest BCUT2D eigenvalue weighted by atomic mass is 10.0. The molecule has 1 aromatic rings. The quantitative estimate of drug-likeness (QED) is 0.799. The van der Waals surface area contributed by atoms with E-state index in [9.17, 15) is 5.11 Å². The second-order valence-electron chi connectivity index (χ2n) is 4.56. The number of hydrogen-bond acceptors (Lipinski definition) is 3. The molecule has 0 amide bonds. The van der Waals surface area contributed by atoms with E-state index >= 15 is 0 Å². The summed E-state index contributed by atoms with van der Waals surface area (Å²) in [6, 6.07) is 6.14. The van der Waals surface area contributed by atoms with Gasteiger partial charge in [-0.3, -0.25) is 0 Å². The number of anilines is 1. The third-order valence-electron chi connectivity index (χ3n) is 3.01. The molecule has 0 saturated heterocycles. The molecule has 0 aliphatic heterocycles.